The number of hydrogen-bond acceptors (Lipinski definition) is 4. The lowest BCUT2D eigenvalue weighted by molar-refractivity contribution is 0.0638. The maximum Gasteiger partial charge on any atom is 0.120 e. The largest absolute Gasteiger partial charge is 0.491 e. The minimum atomic E-state index is -0.532. The molecule has 152 valence electrons. The summed E-state index contributed by atoms with van der Waals surface area (Å²) >= 11 is 0. The molecule has 5 heteroatoms. The number of H-pyrrole nitrogens is 1. The summed E-state index contributed by atoms with van der Waals surface area (Å²) in [5.41, 5.74) is 6.88. The first-order valence-electron chi connectivity index (χ1n) is 10.4. The highest BCUT2D eigenvalue weighted by atomic mass is 16.5. The van der Waals surface area contributed by atoms with Gasteiger partial charge < -0.3 is 14.8 Å². The van der Waals surface area contributed by atoms with Gasteiger partial charge in [-0.3, -0.25) is 4.90 Å². The van der Waals surface area contributed by atoms with Gasteiger partial charge in [-0.05, 0) is 41.3 Å². The number of aromatic nitrogens is 2. The molecule has 5 rings (SSSR count). The van der Waals surface area contributed by atoms with Crippen LogP contribution in [0.5, 0.6) is 5.75 Å². The molecular formula is C25H25N3O2. The third kappa shape index (κ3) is 3.95. The van der Waals surface area contributed by atoms with E-state index in [1.54, 1.807) is 6.33 Å². The van der Waals surface area contributed by atoms with Crippen LogP contribution in [0.15, 0.2) is 73.1 Å². The molecule has 0 saturated carbocycles. The molecule has 1 aromatic heterocycles. The van der Waals surface area contributed by atoms with Crippen molar-refractivity contribution < 1.29 is 9.84 Å². The van der Waals surface area contributed by atoms with Crippen LogP contribution in [-0.4, -0.2) is 45.8 Å². The summed E-state index contributed by atoms with van der Waals surface area (Å²) in [5.74, 6) is 0.757. The smallest absolute Gasteiger partial charge is 0.120 e. The van der Waals surface area contributed by atoms with Crippen molar-refractivity contribution in [1.29, 1.82) is 0 Å². The molecule has 1 atom stereocenters. The van der Waals surface area contributed by atoms with Gasteiger partial charge in [-0.25, -0.2) is 4.98 Å². The van der Waals surface area contributed by atoms with Crippen molar-refractivity contribution in [3.05, 3.63) is 84.2 Å². The highest BCUT2D eigenvalue weighted by molar-refractivity contribution is 5.91. The molecule has 1 unspecified atom stereocenters. The lowest BCUT2D eigenvalue weighted by Gasteiger charge is -2.30. The molecule has 1 aliphatic rings. The Labute approximate surface area is 176 Å². The van der Waals surface area contributed by atoms with E-state index in [-0.39, 0.29) is 6.61 Å². The Balaban J connectivity index is 1.22. The minimum absolute atomic E-state index is 0.274. The Morgan fingerprint density at radius 1 is 1.03 bits per heavy atom. The second-order valence-corrected chi connectivity index (χ2v) is 7.85. The second kappa shape index (κ2) is 8.30. The summed E-state index contributed by atoms with van der Waals surface area (Å²) in [6.45, 7) is 2.74. The molecule has 2 heterocycles. The molecule has 1 aliphatic heterocycles. The van der Waals surface area contributed by atoms with Gasteiger partial charge in [-0.1, -0.05) is 48.5 Å². The highest BCUT2D eigenvalue weighted by Crippen LogP contribution is 2.29. The summed E-state index contributed by atoms with van der Waals surface area (Å²) in [5, 5.41) is 10.5. The van der Waals surface area contributed by atoms with Crippen molar-refractivity contribution in [3.8, 4) is 16.9 Å². The Morgan fingerprint density at radius 2 is 1.90 bits per heavy atom. The van der Waals surface area contributed by atoms with E-state index >= 15 is 0 Å². The maximum absolute atomic E-state index is 10.5. The SMILES string of the molecule is OC(COc1cccc(-c2cccc3nc[nH]c23)c1)CN1CCc2ccccc2C1. The van der Waals surface area contributed by atoms with Crippen molar-refractivity contribution in [1.82, 2.24) is 14.9 Å². The fourth-order valence-corrected chi connectivity index (χ4v) is 4.21. The summed E-state index contributed by atoms with van der Waals surface area (Å²) < 4.78 is 5.93. The van der Waals surface area contributed by atoms with Crippen LogP contribution in [0.2, 0.25) is 0 Å². The monoisotopic (exact) mass is 399 g/mol. The number of nitrogens with zero attached hydrogens (tertiary/aromatic N) is 2. The zero-order chi connectivity index (χ0) is 20.3. The minimum Gasteiger partial charge on any atom is -0.491 e. The first-order valence-corrected chi connectivity index (χ1v) is 10.4. The van der Waals surface area contributed by atoms with Gasteiger partial charge in [0.2, 0.25) is 0 Å². The number of fused-ring (bicyclic) bond motifs is 2. The first kappa shape index (κ1) is 18.9. The topological polar surface area (TPSA) is 61.4 Å². The third-order valence-corrected chi connectivity index (χ3v) is 5.72. The number of para-hydroxylation sites is 1. The number of ether oxygens (including phenoxy) is 1. The van der Waals surface area contributed by atoms with Gasteiger partial charge >= 0.3 is 0 Å². The van der Waals surface area contributed by atoms with E-state index < -0.39 is 6.10 Å². The van der Waals surface area contributed by atoms with E-state index in [1.165, 1.54) is 11.1 Å². The normalized spacial score (nSPS) is 15.1. The Kier molecular flexibility index (Phi) is 5.22. The molecule has 0 amide bonds. The quantitative estimate of drug-likeness (QED) is 0.514. The lowest BCUT2D eigenvalue weighted by Crippen LogP contribution is -2.38. The van der Waals surface area contributed by atoms with E-state index in [2.05, 4.69) is 51.3 Å². The van der Waals surface area contributed by atoms with Gasteiger partial charge in [0, 0.05) is 25.2 Å². The molecule has 0 saturated heterocycles. The van der Waals surface area contributed by atoms with Crippen LogP contribution in [0.4, 0.5) is 0 Å². The molecule has 0 spiro atoms. The van der Waals surface area contributed by atoms with Gasteiger partial charge in [-0.2, -0.15) is 0 Å². The predicted molar refractivity (Wildman–Crippen MR) is 118 cm³/mol. The highest BCUT2D eigenvalue weighted by Gasteiger charge is 2.18. The Morgan fingerprint density at radius 3 is 2.83 bits per heavy atom. The number of β-amino-alcohol motifs (C(OH)–C–C–N with tert-alkyl or cyclic N) is 1. The van der Waals surface area contributed by atoms with Crippen LogP contribution < -0.4 is 4.74 Å². The fraction of sp³-hybridized carbons (Fsp3) is 0.240. The van der Waals surface area contributed by atoms with Gasteiger partial charge in [0.1, 0.15) is 18.5 Å². The third-order valence-electron chi connectivity index (χ3n) is 5.72. The fourth-order valence-electron chi connectivity index (χ4n) is 4.21. The molecule has 2 N–H and O–H groups in total. The summed E-state index contributed by atoms with van der Waals surface area (Å²) in [7, 11) is 0. The Hall–Kier alpha value is -3.15. The van der Waals surface area contributed by atoms with Crippen LogP contribution in [0, 0.1) is 0 Å². The molecule has 0 fully saturated rings. The van der Waals surface area contributed by atoms with Crippen LogP contribution >= 0.6 is 0 Å². The molecule has 3 aromatic carbocycles. The second-order valence-electron chi connectivity index (χ2n) is 7.85. The van der Waals surface area contributed by atoms with Crippen molar-refractivity contribution in [3.63, 3.8) is 0 Å². The number of hydrogen-bond donors (Lipinski definition) is 2. The number of aliphatic hydroxyl groups is 1. The summed E-state index contributed by atoms with van der Waals surface area (Å²) in [6.07, 6.45) is 2.21. The predicted octanol–water partition coefficient (Wildman–Crippen LogP) is 4.03. The van der Waals surface area contributed by atoms with Crippen molar-refractivity contribution in [2.24, 2.45) is 0 Å². The number of imidazole rings is 1. The number of aliphatic hydroxyl groups excluding tert-OH is 1. The summed E-state index contributed by atoms with van der Waals surface area (Å²) in [6, 6.07) is 22.6. The van der Waals surface area contributed by atoms with E-state index in [0.717, 1.165) is 47.4 Å². The van der Waals surface area contributed by atoms with Gasteiger partial charge in [0.05, 0.1) is 17.4 Å². The van der Waals surface area contributed by atoms with Gasteiger partial charge in [0.25, 0.3) is 0 Å². The standard InChI is InChI=1S/C25H25N3O2/c29-21(15-28-12-11-18-5-1-2-6-20(18)14-28)16-30-22-8-3-7-19(13-22)23-9-4-10-24-25(23)27-17-26-24/h1-10,13,17,21,29H,11-12,14-16H2,(H,26,27). The van der Waals surface area contributed by atoms with Crippen LogP contribution in [0.25, 0.3) is 22.2 Å². The average molecular weight is 399 g/mol. The van der Waals surface area contributed by atoms with Crippen molar-refractivity contribution in [2.75, 3.05) is 19.7 Å². The number of nitrogens with one attached hydrogen (secondary N) is 1. The Bertz CT molecular complexity index is 1150. The molecule has 30 heavy (non-hydrogen) atoms. The molecule has 4 aromatic rings. The van der Waals surface area contributed by atoms with Crippen molar-refractivity contribution in [2.45, 2.75) is 19.1 Å². The van der Waals surface area contributed by atoms with E-state index in [0.29, 0.717) is 6.54 Å². The van der Waals surface area contributed by atoms with E-state index in [1.807, 2.05) is 30.3 Å². The van der Waals surface area contributed by atoms with Gasteiger partial charge in [0.15, 0.2) is 0 Å². The van der Waals surface area contributed by atoms with E-state index in [4.69, 9.17) is 4.74 Å². The number of rotatable bonds is 6. The van der Waals surface area contributed by atoms with Crippen molar-refractivity contribution >= 4 is 11.0 Å². The number of benzene rings is 3. The lowest BCUT2D eigenvalue weighted by atomic mass is 10.00. The average Bonchev–Trinajstić information content (AvgIpc) is 3.27. The molecule has 0 aliphatic carbocycles. The zero-order valence-electron chi connectivity index (χ0n) is 16.8. The molecule has 0 radical (unpaired) electrons. The molecular weight excluding hydrogens is 374 g/mol. The zero-order valence-corrected chi connectivity index (χ0v) is 16.8. The van der Waals surface area contributed by atoms with E-state index in [9.17, 15) is 5.11 Å². The number of aromatic amines is 1. The maximum atomic E-state index is 10.5. The summed E-state index contributed by atoms with van der Waals surface area (Å²) in [4.78, 5) is 9.84. The molecule has 0 bridgehead atoms. The van der Waals surface area contributed by atoms with Crippen LogP contribution in [0.3, 0.4) is 0 Å². The first-order chi connectivity index (χ1) is 14.8. The molecule has 5 nitrogen and oxygen atoms in total. The van der Waals surface area contributed by atoms with Gasteiger partial charge in [-0.15, -0.1) is 0 Å². The van der Waals surface area contributed by atoms with Crippen LogP contribution in [-0.2, 0) is 13.0 Å². The van der Waals surface area contributed by atoms with Crippen LogP contribution in [0.1, 0.15) is 11.1 Å².